The fourth-order valence-corrected chi connectivity index (χ4v) is 1.83. The van der Waals surface area contributed by atoms with Crippen molar-refractivity contribution in [2.24, 2.45) is 0 Å². The quantitative estimate of drug-likeness (QED) is 0.682. The molecule has 0 aliphatic heterocycles. The number of hydrogen-bond acceptors (Lipinski definition) is 3. The zero-order valence-electron chi connectivity index (χ0n) is 10.1. The maximum Gasteiger partial charge on any atom is 0.292 e. The highest BCUT2D eigenvalue weighted by molar-refractivity contribution is 6.31. The van der Waals surface area contributed by atoms with Crippen LogP contribution in [0.3, 0.4) is 0 Å². The van der Waals surface area contributed by atoms with Gasteiger partial charge in [-0.05, 0) is 29.8 Å². The maximum atomic E-state index is 13.0. The Kier molecular flexibility index (Phi) is 4.14. The molecule has 1 N–H and O–H groups in total. The molecule has 0 amide bonds. The van der Waals surface area contributed by atoms with Gasteiger partial charge in [0.15, 0.2) is 11.6 Å². The largest absolute Gasteiger partial charge is 0.375 e. The van der Waals surface area contributed by atoms with Crippen LogP contribution in [0, 0.1) is 21.7 Å². The van der Waals surface area contributed by atoms with Crippen molar-refractivity contribution in [2.45, 2.75) is 6.54 Å². The lowest BCUT2D eigenvalue weighted by Crippen LogP contribution is -2.03. The summed E-state index contributed by atoms with van der Waals surface area (Å²) in [7, 11) is 0. The van der Waals surface area contributed by atoms with Crippen LogP contribution in [0.2, 0.25) is 5.02 Å². The Labute approximate surface area is 118 Å². The van der Waals surface area contributed by atoms with Gasteiger partial charge in [0.2, 0.25) is 0 Å². The van der Waals surface area contributed by atoms with Gasteiger partial charge in [0.1, 0.15) is 5.69 Å². The van der Waals surface area contributed by atoms with E-state index in [1.807, 2.05) is 0 Å². The van der Waals surface area contributed by atoms with Crippen molar-refractivity contribution in [1.82, 2.24) is 0 Å². The summed E-state index contributed by atoms with van der Waals surface area (Å²) in [5, 5.41) is 14.0. The van der Waals surface area contributed by atoms with E-state index in [4.69, 9.17) is 11.6 Å². The van der Waals surface area contributed by atoms with E-state index in [0.717, 1.165) is 12.1 Å². The van der Waals surface area contributed by atoms with Crippen LogP contribution in [0.15, 0.2) is 36.4 Å². The second kappa shape index (κ2) is 5.83. The van der Waals surface area contributed by atoms with Gasteiger partial charge in [0.05, 0.1) is 4.92 Å². The van der Waals surface area contributed by atoms with Gasteiger partial charge in [-0.3, -0.25) is 10.1 Å². The molecular formula is C13H9ClF2N2O2. The predicted octanol–water partition coefficient (Wildman–Crippen LogP) is 4.14. The second-order valence-corrected chi connectivity index (χ2v) is 4.46. The Hall–Kier alpha value is -2.21. The molecule has 0 unspecified atom stereocenters. The summed E-state index contributed by atoms with van der Waals surface area (Å²) in [5.74, 6) is -1.91. The van der Waals surface area contributed by atoms with Gasteiger partial charge >= 0.3 is 0 Å². The van der Waals surface area contributed by atoms with Gasteiger partial charge in [-0.1, -0.05) is 17.7 Å². The summed E-state index contributed by atoms with van der Waals surface area (Å²) in [6.45, 7) is 0.110. The highest BCUT2D eigenvalue weighted by Gasteiger charge is 2.13. The van der Waals surface area contributed by atoms with Crippen molar-refractivity contribution in [3.05, 3.63) is 68.7 Å². The summed E-state index contributed by atoms with van der Waals surface area (Å²) in [6.07, 6.45) is 0. The third-order valence-corrected chi connectivity index (χ3v) is 2.86. The van der Waals surface area contributed by atoms with Crippen molar-refractivity contribution >= 4 is 23.0 Å². The van der Waals surface area contributed by atoms with E-state index in [9.17, 15) is 18.9 Å². The molecule has 0 bridgehead atoms. The molecule has 0 fully saturated rings. The van der Waals surface area contributed by atoms with Crippen LogP contribution in [0.5, 0.6) is 0 Å². The molecule has 0 heterocycles. The van der Waals surface area contributed by atoms with Crippen LogP contribution in [-0.2, 0) is 6.54 Å². The highest BCUT2D eigenvalue weighted by atomic mass is 35.5. The zero-order chi connectivity index (χ0) is 14.7. The minimum atomic E-state index is -0.968. The Morgan fingerprint density at radius 2 is 1.90 bits per heavy atom. The molecule has 0 saturated carbocycles. The summed E-state index contributed by atoms with van der Waals surface area (Å²) >= 11 is 5.78. The van der Waals surface area contributed by atoms with E-state index >= 15 is 0 Å². The van der Waals surface area contributed by atoms with Crippen molar-refractivity contribution in [2.75, 3.05) is 5.32 Å². The van der Waals surface area contributed by atoms with E-state index in [1.165, 1.54) is 24.3 Å². The van der Waals surface area contributed by atoms with Gasteiger partial charge < -0.3 is 5.32 Å². The lowest BCUT2D eigenvalue weighted by molar-refractivity contribution is -0.384. The number of anilines is 1. The molecule has 0 aromatic heterocycles. The lowest BCUT2D eigenvalue weighted by atomic mass is 10.2. The fourth-order valence-electron chi connectivity index (χ4n) is 1.66. The molecular weight excluding hydrogens is 290 g/mol. The number of nitrogens with one attached hydrogen (secondary N) is 1. The maximum absolute atomic E-state index is 13.0. The Balaban J connectivity index is 2.20. The third-order valence-electron chi connectivity index (χ3n) is 2.62. The van der Waals surface area contributed by atoms with Gasteiger partial charge in [-0.2, -0.15) is 0 Å². The highest BCUT2D eigenvalue weighted by Crippen LogP contribution is 2.28. The summed E-state index contributed by atoms with van der Waals surface area (Å²) in [5.41, 5.74) is 0.530. The Bertz CT molecular complexity index is 665. The number of hydrogen-bond donors (Lipinski definition) is 1. The van der Waals surface area contributed by atoms with Crippen molar-refractivity contribution in [3.8, 4) is 0 Å². The number of nitrogens with zero attached hydrogens (tertiary/aromatic N) is 1. The third kappa shape index (κ3) is 3.21. The number of nitro groups is 1. The van der Waals surface area contributed by atoms with Gasteiger partial charge in [0, 0.05) is 17.6 Å². The van der Waals surface area contributed by atoms with Gasteiger partial charge in [-0.25, -0.2) is 8.78 Å². The summed E-state index contributed by atoms with van der Waals surface area (Å²) < 4.78 is 25.8. The Morgan fingerprint density at radius 1 is 1.15 bits per heavy atom. The number of rotatable bonds is 4. The molecule has 0 spiro atoms. The molecule has 2 aromatic rings. The molecule has 2 aromatic carbocycles. The molecule has 0 saturated heterocycles. The normalized spacial score (nSPS) is 10.3. The van der Waals surface area contributed by atoms with Crippen LogP contribution in [0.25, 0.3) is 0 Å². The van der Waals surface area contributed by atoms with Crippen molar-refractivity contribution in [3.63, 3.8) is 0 Å². The number of nitro benzene ring substituents is 1. The van der Waals surface area contributed by atoms with E-state index in [1.54, 1.807) is 0 Å². The first-order valence-corrected chi connectivity index (χ1v) is 5.97. The van der Waals surface area contributed by atoms with E-state index in [-0.39, 0.29) is 17.9 Å². The standard InChI is InChI=1S/C13H9ClF2N2O2/c14-9-2-4-13(18(19)20)12(6-9)17-7-8-1-3-10(15)11(16)5-8/h1-6,17H,7H2. The van der Waals surface area contributed by atoms with Crippen LogP contribution < -0.4 is 5.32 Å². The molecule has 2 rings (SSSR count). The van der Waals surface area contributed by atoms with Crippen LogP contribution >= 0.6 is 11.6 Å². The monoisotopic (exact) mass is 298 g/mol. The van der Waals surface area contributed by atoms with Crippen LogP contribution in [0.4, 0.5) is 20.2 Å². The smallest absolute Gasteiger partial charge is 0.292 e. The van der Waals surface area contributed by atoms with Crippen LogP contribution in [-0.4, -0.2) is 4.92 Å². The average molecular weight is 299 g/mol. The summed E-state index contributed by atoms with van der Waals surface area (Å²) in [4.78, 5) is 10.3. The fraction of sp³-hybridized carbons (Fsp3) is 0.0769. The lowest BCUT2D eigenvalue weighted by Gasteiger charge is -2.08. The predicted molar refractivity (Wildman–Crippen MR) is 71.8 cm³/mol. The first kappa shape index (κ1) is 14.2. The van der Waals surface area contributed by atoms with E-state index in [0.29, 0.717) is 10.6 Å². The van der Waals surface area contributed by atoms with Crippen molar-refractivity contribution < 1.29 is 13.7 Å². The minimum absolute atomic E-state index is 0.110. The Morgan fingerprint density at radius 3 is 2.55 bits per heavy atom. The molecule has 0 aliphatic carbocycles. The minimum Gasteiger partial charge on any atom is -0.375 e. The molecule has 0 atom stereocenters. The number of halogens is 3. The molecule has 7 heteroatoms. The topological polar surface area (TPSA) is 55.2 Å². The van der Waals surface area contributed by atoms with Gasteiger partial charge in [0.25, 0.3) is 5.69 Å². The van der Waals surface area contributed by atoms with Crippen LogP contribution in [0.1, 0.15) is 5.56 Å². The van der Waals surface area contributed by atoms with Gasteiger partial charge in [-0.15, -0.1) is 0 Å². The molecule has 20 heavy (non-hydrogen) atoms. The first-order valence-electron chi connectivity index (χ1n) is 5.59. The summed E-state index contributed by atoms with van der Waals surface area (Å²) in [6, 6.07) is 7.50. The first-order chi connectivity index (χ1) is 9.47. The number of benzene rings is 2. The van der Waals surface area contributed by atoms with E-state index in [2.05, 4.69) is 5.32 Å². The van der Waals surface area contributed by atoms with E-state index < -0.39 is 16.6 Å². The molecule has 4 nitrogen and oxygen atoms in total. The zero-order valence-corrected chi connectivity index (χ0v) is 10.8. The average Bonchev–Trinajstić information content (AvgIpc) is 2.40. The second-order valence-electron chi connectivity index (χ2n) is 4.02. The molecule has 0 radical (unpaired) electrons. The SMILES string of the molecule is O=[N+]([O-])c1ccc(Cl)cc1NCc1ccc(F)c(F)c1. The molecule has 104 valence electrons. The van der Waals surface area contributed by atoms with Crippen molar-refractivity contribution in [1.29, 1.82) is 0 Å². The molecule has 0 aliphatic rings.